The summed E-state index contributed by atoms with van der Waals surface area (Å²) >= 11 is 0. The Hall–Kier alpha value is -0.610. The molecule has 106 valence electrons. The Kier molecular flexibility index (Phi) is 6.65. The molecule has 0 aromatic rings. The highest BCUT2D eigenvalue weighted by atomic mass is 16.1. The molecule has 0 aliphatic carbocycles. The first kappa shape index (κ1) is 15.4. The molecule has 18 heavy (non-hydrogen) atoms. The molecule has 1 amide bonds. The first-order chi connectivity index (χ1) is 8.58. The lowest BCUT2D eigenvalue weighted by Gasteiger charge is -2.32. The van der Waals surface area contributed by atoms with Crippen LogP contribution in [0.4, 0.5) is 0 Å². The average Bonchev–Trinajstić information content (AvgIpc) is 2.28. The summed E-state index contributed by atoms with van der Waals surface area (Å²) in [5.74, 6) is 1.42. The summed E-state index contributed by atoms with van der Waals surface area (Å²) in [7, 11) is 4.20. The largest absolute Gasteiger partial charge is 0.355 e. The monoisotopic (exact) mass is 255 g/mol. The average molecular weight is 255 g/mol. The number of rotatable bonds is 8. The van der Waals surface area contributed by atoms with Gasteiger partial charge in [-0.15, -0.1) is 0 Å². The van der Waals surface area contributed by atoms with E-state index in [1.165, 1.54) is 12.8 Å². The number of nitrogens with one attached hydrogen (secondary N) is 2. The van der Waals surface area contributed by atoms with Crippen LogP contribution in [0.5, 0.6) is 0 Å². The van der Waals surface area contributed by atoms with E-state index in [9.17, 15) is 4.79 Å². The predicted molar refractivity (Wildman–Crippen MR) is 75.5 cm³/mol. The van der Waals surface area contributed by atoms with Crippen molar-refractivity contribution in [2.75, 3.05) is 33.7 Å². The number of amides is 1. The van der Waals surface area contributed by atoms with Gasteiger partial charge in [-0.25, -0.2) is 0 Å². The van der Waals surface area contributed by atoms with E-state index < -0.39 is 0 Å². The lowest BCUT2D eigenvalue weighted by molar-refractivity contribution is -0.122. The zero-order valence-corrected chi connectivity index (χ0v) is 12.3. The van der Waals surface area contributed by atoms with Crippen molar-refractivity contribution in [2.24, 2.45) is 11.8 Å². The molecule has 0 spiro atoms. The van der Waals surface area contributed by atoms with Gasteiger partial charge >= 0.3 is 0 Å². The van der Waals surface area contributed by atoms with Gasteiger partial charge in [0.2, 0.25) is 5.91 Å². The number of hydrogen-bond donors (Lipinski definition) is 2. The Bertz CT molecular complexity index is 247. The summed E-state index contributed by atoms with van der Waals surface area (Å²) in [5, 5.41) is 6.30. The Morgan fingerprint density at radius 2 is 1.94 bits per heavy atom. The van der Waals surface area contributed by atoms with Crippen LogP contribution in [-0.4, -0.2) is 50.6 Å². The third-order valence-corrected chi connectivity index (χ3v) is 4.10. The van der Waals surface area contributed by atoms with Gasteiger partial charge in [-0.2, -0.15) is 0 Å². The topological polar surface area (TPSA) is 44.4 Å². The van der Waals surface area contributed by atoms with Gasteiger partial charge in [0.1, 0.15) is 0 Å². The van der Waals surface area contributed by atoms with Crippen molar-refractivity contribution in [3.63, 3.8) is 0 Å². The van der Waals surface area contributed by atoms with Crippen molar-refractivity contribution in [1.29, 1.82) is 0 Å². The zero-order valence-electron chi connectivity index (χ0n) is 12.3. The van der Waals surface area contributed by atoms with Crippen LogP contribution in [0.2, 0.25) is 0 Å². The highest BCUT2D eigenvalue weighted by Gasteiger charge is 2.23. The van der Waals surface area contributed by atoms with E-state index in [4.69, 9.17) is 0 Å². The number of carbonyl (C=O) groups excluding carboxylic acids is 1. The first-order valence-corrected chi connectivity index (χ1v) is 7.22. The maximum atomic E-state index is 11.8. The third kappa shape index (κ3) is 4.58. The van der Waals surface area contributed by atoms with Crippen LogP contribution >= 0.6 is 0 Å². The van der Waals surface area contributed by atoms with E-state index in [0.717, 1.165) is 19.6 Å². The summed E-state index contributed by atoms with van der Waals surface area (Å²) < 4.78 is 0. The standard InChI is InChI=1S/C14H29N3O/c1-5-12(6-2)13(17(3)4)10-16-14(18)7-11-8-15-9-11/h11-13,15H,5-10H2,1-4H3,(H,16,18). The SMILES string of the molecule is CCC(CC)C(CNC(=O)CC1CNC1)N(C)C. The van der Waals surface area contributed by atoms with Crippen molar-refractivity contribution in [1.82, 2.24) is 15.5 Å². The lowest BCUT2D eigenvalue weighted by atomic mass is 9.93. The molecule has 1 rings (SSSR count). The molecule has 1 heterocycles. The first-order valence-electron chi connectivity index (χ1n) is 7.22. The molecule has 1 saturated heterocycles. The lowest BCUT2D eigenvalue weighted by Crippen LogP contribution is -2.47. The maximum Gasteiger partial charge on any atom is 0.220 e. The summed E-state index contributed by atoms with van der Waals surface area (Å²) in [6.07, 6.45) is 3.01. The van der Waals surface area contributed by atoms with E-state index in [1.54, 1.807) is 0 Å². The smallest absolute Gasteiger partial charge is 0.220 e. The second-order valence-electron chi connectivity index (χ2n) is 5.64. The minimum atomic E-state index is 0.208. The van der Waals surface area contributed by atoms with Crippen LogP contribution in [0, 0.1) is 11.8 Å². The molecule has 1 aliphatic rings. The number of hydrogen-bond acceptors (Lipinski definition) is 3. The fourth-order valence-corrected chi connectivity index (χ4v) is 2.65. The molecule has 4 nitrogen and oxygen atoms in total. The Labute approximate surface area is 111 Å². The predicted octanol–water partition coefficient (Wildman–Crippen LogP) is 1.08. The van der Waals surface area contributed by atoms with Crippen LogP contribution in [0.1, 0.15) is 33.1 Å². The highest BCUT2D eigenvalue weighted by Crippen LogP contribution is 2.16. The molecule has 0 aromatic heterocycles. The molecule has 0 bridgehead atoms. The van der Waals surface area contributed by atoms with Crippen molar-refractivity contribution in [3.8, 4) is 0 Å². The van der Waals surface area contributed by atoms with Gasteiger partial charge in [0.15, 0.2) is 0 Å². The normalized spacial score (nSPS) is 17.9. The van der Waals surface area contributed by atoms with Crippen LogP contribution in [-0.2, 0) is 4.79 Å². The van der Waals surface area contributed by atoms with E-state index in [0.29, 0.717) is 24.3 Å². The molecular formula is C14H29N3O. The van der Waals surface area contributed by atoms with Crippen LogP contribution in [0.25, 0.3) is 0 Å². The van der Waals surface area contributed by atoms with Crippen LogP contribution in [0.15, 0.2) is 0 Å². The van der Waals surface area contributed by atoms with Gasteiger partial charge < -0.3 is 15.5 Å². The van der Waals surface area contributed by atoms with Crippen LogP contribution in [0.3, 0.4) is 0 Å². The van der Waals surface area contributed by atoms with Gasteiger partial charge in [-0.3, -0.25) is 4.79 Å². The Morgan fingerprint density at radius 1 is 1.33 bits per heavy atom. The molecular weight excluding hydrogens is 226 g/mol. The minimum absolute atomic E-state index is 0.208. The molecule has 0 saturated carbocycles. The molecule has 1 aliphatic heterocycles. The molecule has 4 heteroatoms. The van der Waals surface area contributed by atoms with E-state index in [-0.39, 0.29) is 5.91 Å². The molecule has 1 unspecified atom stereocenters. The fraction of sp³-hybridized carbons (Fsp3) is 0.929. The number of carbonyl (C=O) groups is 1. The summed E-state index contributed by atoms with van der Waals surface area (Å²) in [4.78, 5) is 14.1. The van der Waals surface area contributed by atoms with Crippen molar-refractivity contribution in [2.45, 2.75) is 39.2 Å². The summed E-state index contributed by atoms with van der Waals surface area (Å²) in [6, 6.07) is 0.448. The van der Waals surface area contributed by atoms with Crippen molar-refractivity contribution < 1.29 is 4.79 Å². The van der Waals surface area contributed by atoms with Gasteiger partial charge in [0.25, 0.3) is 0 Å². The van der Waals surface area contributed by atoms with E-state index >= 15 is 0 Å². The second-order valence-corrected chi connectivity index (χ2v) is 5.64. The summed E-state index contributed by atoms with van der Waals surface area (Å²) in [5.41, 5.74) is 0. The summed E-state index contributed by atoms with van der Waals surface area (Å²) in [6.45, 7) is 7.23. The van der Waals surface area contributed by atoms with Crippen molar-refractivity contribution >= 4 is 5.91 Å². The van der Waals surface area contributed by atoms with E-state index in [1.807, 2.05) is 0 Å². The Balaban J connectivity index is 2.33. The third-order valence-electron chi connectivity index (χ3n) is 4.10. The molecule has 1 atom stereocenters. The fourth-order valence-electron chi connectivity index (χ4n) is 2.65. The van der Waals surface area contributed by atoms with Gasteiger partial charge in [0.05, 0.1) is 0 Å². The van der Waals surface area contributed by atoms with Gasteiger partial charge in [-0.1, -0.05) is 26.7 Å². The molecule has 1 fully saturated rings. The molecule has 0 radical (unpaired) electrons. The van der Waals surface area contributed by atoms with E-state index in [2.05, 4.69) is 43.5 Å². The van der Waals surface area contributed by atoms with Crippen LogP contribution < -0.4 is 10.6 Å². The minimum Gasteiger partial charge on any atom is -0.355 e. The van der Waals surface area contributed by atoms with Crippen molar-refractivity contribution in [3.05, 3.63) is 0 Å². The van der Waals surface area contributed by atoms with Gasteiger partial charge in [-0.05, 0) is 39.0 Å². The maximum absolute atomic E-state index is 11.8. The molecule has 0 aromatic carbocycles. The second kappa shape index (κ2) is 7.74. The number of nitrogens with zero attached hydrogens (tertiary/aromatic N) is 1. The highest BCUT2D eigenvalue weighted by molar-refractivity contribution is 5.76. The Morgan fingerprint density at radius 3 is 2.33 bits per heavy atom. The quantitative estimate of drug-likeness (QED) is 0.682. The number of likely N-dealkylation sites (N-methyl/N-ethyl adjacent to an activating group) is 1. The zero-order chi connectivity index (χ0) is 13.5. The molecule has 2 N–H and O–H groups in total. The van der Waals surface area contributed by atoms with Gasteiger partial charge in [0, 0.05) is 19.0 Å².